The van der Waals surface area contributed by atoms with Gasteiger partial charge in [-0.2, -0.15) is 0 Å². The third-order valence-electron chi connectivity index (χ3n) is 3.35. The second-order valence-corrected chi connectivity index (χ2v) is 4.21. The van der Waals surface area contributed by atoms with Crippen molar-refractivity contribution in [3.8, 4) is 0 Å². The molecule has 0 aromatic carbocycles. The molecular weight excluding hydrogens is 212 g/mol. The number of ether oxygens (including phenoxy) is 2. The first-order chi connectivity index (χ1) is 7.56. The van der Waals surface area contributed by atoms with Crippen molar-refractivity contribution < 1.29 is 24.2 Å². The summed E-state index contributed by atoms with van der Waals surface area (Å²) in [6.45, 7) is 1.78. The normalized spacial score (nSPS) is 37.4. The first-order valence-corrected chi connectivity index (χ1v) is 5.21. The predicted octanol–water partition coefficient (Wildman–Crippen LogP) is 0.0281. The fourth-order valence-electron chi connectivity index (χ4n) is 2.49. The summed E-state index contributed by atoms with van der Waals surface area (Å²) < 4.78 is 9.89. The molecule has 1 unspecified atom stereocenters. The molecule has 1 N–H and O–H groups in total. The van der Waals surface area contributed by atoms with E-state index in [2.05, 4.69) is 4.74 Å². The number of carbonyl (C=O) groups is 2. The molecule has 5 nitrogen and oxygen atoms in total. The second-order valence-electron chi connectivity index (χ2n) is 4.21. The lowest BCUT2D eigenvalue weighted by molar-refractivity contribution is -0.138. The number of hydrogen-bond donors (Lipinski definition) is 1. The van der Waals surface area contributed by atoms with Gasteiger partial charge in [-0.1, -0.05) is 0 Å². The number of ketones is 1. The van der Waals surface area contributed by atoms with Gasteiger partial charge in [-0.3, -0.25) is 4.79 Å². The van der Waals surface area contributed by atoms with E-state index in [0.717, 1.165) is 0 Å². The fourth-order valence-corrected chi connectivity index (χ4v) is 2.49. The molecule has 88 valence electrons. The molecule has 0 saturated heterocycles. The van der Waals surface area contributed by atoms with Crippen molar-refractivity contribution in [3.05, 3.63) is 11.8 Å². The number of rotatable bonds is 1. The van der Waals surface area contributed by atoms with Crippen LogP contribution in [-0.2, 0) is 19.1 Å². The molecule has 1 aliphatic heterocycles. The van der Waals surface area contributed by atoms with Crippen molar-refractivity contribution in [2.24, 2.45) is 11.8 Å². The van der Waals surface area contributed by atoms with Gasteiger partial charge in [0.25, 0.3) is 0 Å². The third kappa shape index (κ3) is 1.51. The van der Waals surface area contributed by atoms with Crippen molar-refractivity contribution in [1.82, 2.24) is 0 Å². The maximum atomic E-state index is 11.5. The quantitative estimate of drug-likeness (QED) is 0.638. The van der Waals surface area contributed by atoms with E-state index in [-0.39, 0.29) is 30.1 Å². The number of carbonyl (C=O) groups excluding carboxylic acids is 2. The van der Waals surface area contributed by atoms with Crippen molar-refractivity contribution in [3.63, 3.8) is 0 Å². The smallest absolute Gasteiger partial charge is 0.337 e. The van der Waals surface area contributed by atoms with Crippen molar-refractivity contribution in [2.45, 2.75) is 25.6 Å². The van der Waals surface area contributed by atoms with E-state index < -0.39 is 12.1 Å². The highest BCUT2D eigenvalue weighted by Gasteiger charge is 2.50. The van der Waals surface area contributed by atoms with E-state index in [1.165, 1.54) is 13.4 Å². The highest BCUT2D eigenvalue weighted by atomic mass is 16.5. The Morgan fingerprint density at radius 3 is 2.94 bits per heavy atom. The number of fused-ring (bicyclic) bond motifs is 1. The minimum absolute atomic E-state index is 0.181. The lowest BCUT2D eigenvalue weighted by Crippen LogP contribution is -2.37. The summed E-state index contributed by atoms with van der Waals surface area (Å²) in [5.74, 6) is -1.35. The highest BCUT2D eigenvalue weighted by molar-refractivity contribution is 5.93. The van der Waals surface area contributed by atoms with Crippen LogP contribution in [0.4, 0.5) is 0 Å². The molecule has 0 amide bonds. The molecule has 0 aromatic rings. The zero-order valence-corrected chi connectivity index (χ0v) is 9.17. The van der Waals surface area contributed by atoms with Gasteiger partial charge >= 0.3 is 5.97 Å². The van der Waals surface area contributed by atoms with Gasteiger partial charge in [0.2, 0.25) is 0 Å². The van der Waals surface area contributed by atoms with Crippen LogP contribution in [0.5, 0.6) is 0 Å². The number of aliphatic hydroxyl groups is 1. The Labute approximate surface area is 93.0 Å². The standard InChI is InChI=1S/C11H14O5/c1-5-9-6(3-8(12)10(9)13)7(4-16-5)11(14)15-2/h4-6,9-10,13H,3H2,1-2H3/t5-,6+,9+,10?/m0/s1. The van der Waals surface area contributed by atoms with Crippen molar-refractivity contribution in [2.75, 3.05) is 7.11 Å². The van der Waals surface area contributed by atoms with Crippen LogP contribution in [0, 0.1) is 11.8 Å². The van der Waals surface area contributed by atoms with Gasteiger partial charge < -0.3 is 14.6 Å². The molecule has 5 heteroatoms. The van der Waals surface area contributed by atoms with Gasteiger partial charge in [-0.05, 0) is 6.92 Å². The van der Waals surface area contributed by atoms with E-state index in [9.17, 15) is 14.7 Å². The Bertz CT molecular complexity index is 359. The lowest BCUT2D eigenvalue weighted by atomic mass is 9.83. The summed E-state index contributed by atoms with van der Waals surface area (Å²) in [6.07, 6.45) is 0.233. The van der Waals surface area contributed by atoms with Gasteiger partial charge in [0, 0.05) is 18.3 Å². The van der Waals surface area contributed by atoms with E-state index >= 15 is 0 Å². The van der Waals surface area contributed by atoms with Crippen LogP contribution >= 0.6 is 0 Å². The average Bonchev–Trinajstić information content (AvgIpc) is 2.56. The third-order valence-corrected chi connectivity index (χ3v) is 3.35. The van der Waals surface area contributed by atoms with Crippen molar-refractivity contribution in [1.29, 1.82) is 0 Å². The Morgan fingerprint density at radius 2 is 2.31 bits per heavy atom. The monoisotopic (exact) mass is 226 g/mol. The van der Waals surface area contributed by atoms with E-state index in [1.807, 2.05) is 0 Å². The summed E-state index contributed by atoms with van der Waals surface area (Å²) in [4.78, 5) is 22.9. The molecule has 0 radical (unpaired) electrons. The van der Waals surface area contributed by atoms with Crippen LogP contribution in [0.2, 0.25) is 0 Å². The largest absolute Gasteiger partial charge is 0.497 e. The van der Waals surface area contributed by atoms with Crippen LogP contribution in [0.25, 0.3) is 0 Å². The zero-order valence-electron chi connectivity index (χ0n) is 9.17. The maximum absolute atomic E-state index is 11.5. The summed E-state index contributed by atoms with van der Waals surface area (Å²) in [7, 11) is 1.28. The second kappa shape index (κ2) is 3.90. The number of Topliss-reactive ketones (excluding diaryl/α,β-unsaturated/α-hetero) is 1. The number of esters is 1. The van der Waals surface area contributed by atoms with Crippen LogP contribution < -0.4 is 0 Å². The molecule has 0 bridgehead atoms. The summed E-state index contributed by atoms with van der Waals surface area (Å²) in [6, 6.07) is 0. The van der Waals surface area contributed by atoms with Gasteiger partial charge in [0.05, 0.1) is 18.9 Å². The number of aliphatic hydroxyl groups excluding tert-OH is 1. The summed E-state index contributed by atoms with van der Waals surface area (Å²) in [5, 5.41) is 9.73. The molecular formula is C11H14O5. The van der Waals surface area contributed by atoms with Crippen LogP contribution in [0.3, 0.4) is 0 Å². The summed E-state index contributed by atoms with van der Waals surface area (Å²) >= 11 is 0. The van der Waals surface area contributed by atoms with Gasteiger partial charge in [0.15, 0.2) is 5.78 Å². The summed E-state index contributed by atoms with van der Waals surface area (Å²) in [5.41, 5.74) is 0.343. The highest BCUT2D eigenvalue weighted by Crippen LogP contribution is 2.41. The maximum Gasteiger partial charge on any atom is 0.337 e. The number of methoxy groups -OCH3 is 1. The fraction of sp³-hybridized carbons (Fsp3) is 0.636. The molecule has 0 spiro atoms. The SMILES string of the molecule is COC(=O)C1=CO[C@@H](C)[C@H]2C(O)C(=O)C[C@H]12. The Morgan fingerprint density at radius 1 is 1.62 bits per heavy atom. The van der Waals surface area contributed by atoms with Crippen LogP contribution in [-0.4, -0.2) is 36.2 Å². The van der Waals surface area contributed by atoms with Crippen molar-refractivity contribution >= 4 is 11.8 Å². The molecule has 0 aromatic heterocycles. The molecule has 4 atom stereocenters. The van der Waals surface area contributed by atoms with Gasteiger partial charge in [-0.25, -0.2) is 4.79 Å². The first kappa shape index (κ1) is 11.1. The van der Waals surface area contributed by atoms with Crippen LogP contribution in [0.1, 0.15) is 13.3 Å². The van der Waals surface area contributed by atoms with Crippen LogP contribution in [0.15, 0.2) is 11.8 Å². The van der Waals surface area contributed by atoms with E-state index in [0.29, 0.717) is 5.57 Å². The topological polar surface area (TPSA) is 72.8 Å². The molecule has 1 heterocycles. The average molecular weight is 226 g/mol. The predicted molar refractivity (Wildman–Crippen MR) is 53.3 cm³/mol. The van der Waals surface area contributed by atoms with E-state index in [4.69, 9.17) is 4.74 Å². The molecule has 1 aliphatic carbocycles. The zero-order chi connectivity index (χ0) is 11.9. The Balaban J connectivity index is 2.31. The minimum Gasteiger partial charge on any atom is -0.497 e. The minimum atomic E-state index is -1.03. The Kier molecular flexibility index (Phi) is 2.71. The molecule has 1 fully saturated rings. The lowest BCUT2D eigenvalue weighted by Gasteiger charge is -2.31. The van der Waals surface area contributed by atoms with E-state index in [1.54, 1.807) is 6.92 Å². The molecule has 16 heavy (non-hydrogen) atoms. The first-order valence-electron chi connectivity index (χ1n) is 5.21. The Hall–Kier alpha value is -1.36. The molecule has 2 aliphatic rings. The van der Waals surface area contributed by atoms with Gasteiger partial charge in [0.1, 0.15) is 12.2 Å². The number of hydrogen-bond acceptors (Lipinski definition) is 5. The molecule has 2 rings (SSSR count). The van der Waals surface area contributed by atoms with Gasteiger partial charge in [-0.15, -0.1) is 0 Å². The molecule has 1 saturated carbocycles.